The molecule has 2 aliphatic rings. The van der Waals surface area contributed by atoms with Crippen LogP contribution in [0, 0.1) is 0 Å². The van der Waals surface area contributed by atoms with E-state index in [1.165, 1.54) is 75.3 Å². The highest BCUT2D eigenvalue weighted by Gasteiger charge is 2.39. The molecule has 2 fully saturated rings. The lowest BCUT2D eigenvalue weighted by Crippen LogP contribution is -2.26. The number of rotatable bonds is 4. The summed E-state index contributed by atoms with van der Waals surface area (Å²) >= 11 is 0. The smallest absolute Gasteiger partial charge is 0.418 e. The first-order valence-corrected chi connectivity index (χ1v) is 13.0. The third-order valence-corrected chi connectivity index (χ3v) is 10.3. The van der Waals surface area contributed by atoms with Crippen molar-refractivity contribution in [3.8, 4) is 11.1 Å². The molecule has 2 aromatic rings. The van der Waals surface area contributed by atoms with Crippen LogP contribution in [0.4, 0.5) is 17.3 Å². The normalized spacial score (nSPS) is 18.7. The summed E-state index contributed by atoms with van der Waals surface area (Å²) in [5.74, 6) is 0. The van der Waals surface area contributed by atoms with Crippen molar-refractivity contribution in [1.29, 1.82) is 0 Å². The Labute approximate surface area is 179 Å². The fourth-order valence-electron chi connectivity index (χ4n) is 5.14. The monoisotopic (exact) mass is 438 g/mol. The van der Waals surface area contributed by atoms with Gasteiger partial charge in [-0.1, -0.05) is 55.3 Å². The van der Waals surface area contributed by atoms with E-state index in [4.69, 9.17) is 0 Å². The van der Waals surface area contributed by atoms with E-state index < -0.39 is 15.2 Å². The standard InChI is InChI=1S/C24H31P.BF4/c1-4-11-20(12-5-1)21-13-10-18-24(19-21)25(22-14-6-2-7-15-22)23-16-8-3-9-17-23;2-1(3,4)5/h1,4-5,10-13,18-19,22-23H,2-3,6-9,14-17H2;/q;-1/p+1. The van der Waals surface area contributed by atoms with Gasteiger partial charge in [-0.25, -0.2) is 0 Å². The summed E-state index contributed by atoms with van der Waals surface area (Å²) in [6, 6.07) is 20.6. The highest BCUT2D eigenvalue weighted by atomic mass is 31.1. The summed E-state index contributed by atoms with van der Waals surface area (Å²) in [7, 11) is -6.45. The predicted molar refractivity (Wildman–Crippen MR) is 124 cm³/mol. The Morgan fingerprint density at radius 2 is 1.07 bits per heavy atom. The molecule has 2 aliphatic carbocycles. The van der Waals surface area contributed by atoms with Gasteiger partial charge in [0.15, 0.2) is 0 Å². The van der Waals surface area contributed by atoms with Crippen molar-refractivity contribution in [1.82, 2.24) is 0 Å². The molecule has 30 heavy (non-hydrogen) atoms. The average molecular weight is 438 g/mol. The Hall–Kier alpha value is -1.35. The second-order valence-electron chi connectivity index (χ2n) is 8.57. The van der Waals surface area contributed by atoms with E-state index in [9.17, 15) is 17.3 Å². The molecule has 0 spiro atoms. The minimum Gasteiger partial charge on any atom is -0.418 e. The van der Waals surface area contributed by atoms with Crippen molar-refractivity contribution < 1.29 is 17.3 Å². The molecule has 0 atom stereocenters. The number of hydrogen-bond donors (Lipinski definition) is 0. The molecule has 0 bridgehead atoms. The lowest BCUT2D eigenvalue weighted by Gasteiger charge is -2.32. The molecule has 0 nitrogen and oxygen atoms in total. The first-order valence-electron chi connectivity index (χ1n) is 11.3. The second kappa shape index (κ2) is 11.3. The zero-order valence-corrected chi connectivity index (χ0v) is 18.5. The quantitative estimate of drug-likeness (QED) is 0.257. The Morgan fingerprint density at radius 1 is 0.600 bits per heavy atom. The number of benzene rings is 2. The van der Waals surface area contributed by atoms with E-state index in [2.05, 4.69) is 54.6 Å². The van der Waals surface area contributed by atoms with Crippen LogP contribution in [-0.2, 0) is 0 Å². The van der Waals surface area contributed by atoms with Gasteiger partial charge in [-0.3, -0.25) is 0 Å². The molecule has 0 aromatic heterocycles. The summed E-state index contributed by atoms with van der Waals surface area (Å²) in [6.07, 6.45) is 14.9. The zero-order valence-electron chi connectivity index (χ0n) is 17.5. The maximum Gasteiger partial charge on any atom is 0.673 e. The molecule has 2 aromatic carbocycles. The van der Waals surface area contributed by atoms with Gasteiger partial charge >= 0.3 is 7.25 Å². The van der Waals surface area contributed by atoms with Crippen LogP contribution < -0.4 is 5.30 Å². The summed E-state index contributed by atoms with van der Waals surface area (Å²) in [4.78, 5) is 0. The molecule has 0 saturated heterocycles. The molecular weight excluding hydrogens is 406 g/mol. The van der Waals surface area contributed by atoms with Gasteiger partial charge in [0.25, 0.3) is 0 Å². The predicted octanol–water partition coefficient (Wildman–Crippen LogP) is 8.16. The van der Waals surface area contributed by atoms with Gasteiger partial charge in [0.2, 0.25) is 0 Å². The van der Waals surface area contributed by atoms with Crippen LogP contribution in [0.15, 0.2) is 54.6 Å². The third kappa shape index (κ3) is 7.41. The van der Waals surface area contributed by atoms with Crippen LogP contribution in [-0.4, -0.2) is 18.6 Å². The molecule has 164 valence electrons. The first kappa shape index (κ1) is 23.3. The van der Waals surface area contributed by atoms with Gasteiger partial charge in [-0.15, -0.1) is 0 Å². The van der Waals surface area contributed by atoms with Crippen molar-refractivity contribution in [2.24, 2.45) is 0 Å². The second-order valence-corrected chi connectivity index (χ2v) is 11.7. The lowest BCUT2D eigenvalue weighted by molar-refractivity contribution is 0.368. The van der Waals surface area contributed by atoms with Crippen molar-refractivity contribution in [2.45, 2.75) is 75.5 Å². The fraction of sp³-hybridized carbons (Fsp3) is 0.500. The van der Waals surface area contributed by atoms with Gasteiger partial charge in [-0.05, 0) is 74.6 Å². The van der Waals surface area contributed by atoms with Crippen LogP contribution in [0.3, 0.4) is 0 Å². The van der Waals surface area contributed by atoms with Gasteiger partial charge in [0.05, 0.1) is 16.6 Å². The fourth-order valence-corrected chi connectivity index (χ4v) is 9.42. The van der Waals surface area contributed by atoms with Crippen LogP contribution in [0.1, 0.15) is 64.2 Å². The van der Waals surface area contributed by atoms with Crippen molar-refractivity contribution in [3.05, 3.63) is 54.6 Å². The van der Waals surface area contributed by atoms with Gasteiger partial charge in [0, 0.05) is 7.92 Å². The Bertz CT molecular complexity index is 729. The van der Waals surface area contributed by atoms with Crippen molar-refractivity contribution in [2.75, 3.05) is 0 Å². The highest BCUT2D eigenvalue weighted by Crippen LogP contribution is 2.55. The molecule has 0 amide bonds. The maximum atomic E-state index is 9.75. The van der Waals surface area contributed by atoms with E-state index >= 15 is 0 Å². The molecule has 0 radical (unpaired) electrons. The van der Waals surface area contributed by atoms with Crippen molar-refractivity contribution >= 4 is 20.5 Å². The van der Waals surface area contributed by atoms with E-state index in [1.54, 1.807) is 5.30 Å². The number of hydrogen-bond acceptors (Lipinski definition) is 0. The largest absolute Gasteiger partial charge is 0.673 e. The topological polar surface area (TPSA) is 0 Å². The Balaban J connectivity index is 0.000000461. The van der Waals surface area contributed by atoms with E-state index in [0.29, 0.717) is 0 Å². The highest BCUT2D eigenvalue weighted by molar-refractivity contribution is 7.67. The van der Waals surface area contributed by atoms with Crippen LogP contribution in [0.2, 0.25) is 0 Å². The molecule has 4 rings (SSSR count). The molecule has 2 saturated carbocycles. The molecule has 0 N–H and O–H groups in total. The lowest BCUT2D eigenvalue weighted by atomic mass is 9.99. The summed E-state index contributed by atoms with van der Waals surface area (Å²) in [5.41, 5.74) is 4.84. The maximum absolute atomic E-state index is 9.75. The third-order valence-electron chi connectivity index (χ3n) is 6.39. The summed E-state index contributed by atoms with van der Waals surface area (Å²) in [5, 5.41) is 1.73. The first-order chi connectivity index (χ1) is 14.4. The molecule has 0 unspecified atom stereocenters. The van der Waals surface area contributed by atoms with Gasteiger partial charge in [0.1, 0.15) is 0 Å². The Kier molecular flexibility index (Phi) is 8.80. The van der Waals surface area contributed by atoms with E-state index in [-0.39, 0.29) is 0 Å². The van der Waals surface area contributed by atoms with E-state index in [0.717, 1.165) is 11.3 Å². The van der Waals surface area contributed by atoms with Crippen LogP contribution in [0.5, 0.6) is 0 Å². The van der Waals surface area contributed by atoms with Gasteiger partial charge < -0.3 is 17.3 Å². The Morgan fingerprint density at radius 3 is 1.57 bits per heavy atom. The molecule has 6 heteroatoms. The summed E-state index contributed by atoms with van der Waals surface area (Å²) < 4.78 is 39.0. The minimum absolute atomic E-state index is 0.453. The van der Waals surface area contributed by atoms with E-state index in [1.807, 2.05) is 0 Å². The van der Waals surface area contributed by atoms with Crippen LogP contribution >= 0.6 is 7.92 Å². The average Bonchev–Trinajstić information content (AvgIpc) is 2.75. The molecule has 0 heterocycles. The van der Waals surface area contributed by atoms with Gasteiger partial charge in [-0.2, -0.15) is 0 Å². The summed E-state index contributed by atoms with van der Waals surface area (Å²) in [6.45, 7) is 0. The van der Waals surface area contributed by atoms with Crippen molar-refractivity contribution in [3.63, 3.8) is 0 Å². The van der Waals surface area contributed by atoms with Crippen LogP contribution in [0.25, 0.3) is 11.1 Å². The minimum atomic E-state index is -6.00. The number of halogens is 4. The molecule has 0 aliphatic heterocycles. The zero-order chi connectivity index (χ0) is 21.4. The molecular formula is C24H32BF4P. The SMILES string of the molecule is F[B-](F)(F)F.c1ccc(-c2cccc([PH+](C3CCCCC3)C3CCCCC3)c2)cc1.